The van der Waals surface area contributed by atoms with Gasteiger partial charge in [-0.25, -0.2) is 0 Å². The molecular weight excluding hydrogens is 316 g/mol. The number of hydrogen-bond acceptors (Lipinski definition) is 4. The van der Waals surface area contributed by atoms with E-state index in [1.165, 1.54) is 6.08 Å². The number of carbonyl (C=O) groups is 1. The molecule has 0 unspecified atom stereocenters. The average Bonchev–Trinajstić information content (AvgIpc) is 2.63. The smallest absolute Gasteiger partial charge is 0.244 e. The van der Waals surface area contributed by atoms with Crippen LogP contribution in [0.3, 0.4) is 0 Å². The van der Waals surface area contributed by atoms with Gasteiger partial charge in [-0.05, 0) is 56.2 Å². The number of aromatic nitrogens is 1. The molecule has 0 saturated heterocycles. The zero-order valence-corrected chi connectivity index (χ0v) is 14.7. The van der Waals surface area contributed by atoms with E-state index in [1.54, 1.807) is 12.3 Å². The van der Waals surface area contributed by atoms with Crippen LogP contribution in [0.5, 0.6) is 11.5 Å². The van der Waals surface area contributed by atoms with Crippen LogP contribution in [0.15, 0.2) is 48.7 Å². The zero-order chi connectivity index (χ0) is 17.9. The van der Waals surface area contributed by atoms with Gasteiger partial charge in [0.2, 0.25) is 5.91 Å². The highest BCUT2D eigenvalue weighted by molar-refractivity contribution is 5.91. The molecule has 0 radical (unpaired) electrons. The highest BCUT2D eigenvalue weighted by atomic mass is 16.5. The molecule has 0 aliphatic carbocycles. The number of benzene rings is 1. The minimum absolute atomic E-state index is 0.137. The minimum atomic E-state index is -0.137. The van der Waals surface area contributed by atoms with Gasteiger partial charge in [0.05, 0.1) is 18.9 Å². The second kappa shape index (κ2) is 10.1. The first-order chi connectivity index (χ1) is 12.2. The third-order valence-electron chi connectivity index (χ3n) is 3.41. The molecular formula is C20H24N2O3. The molecule has 1 aromatic carbocycles. The van der Waals surface area contributed by atoms with Crippen molar-refractivity contribution in [3.8, 4) is 11.5 Å². The van der Waals surface area contributed by atoms with Crippen molar-refractivity contribution in [2.75, 3.05) is 19.8 Å². The number of amides is 1. The topological polar surface area (TPSA) is 60.5 Å². The van der Waals surface area contributed by atoms with Gasteiger partial charge in [0.15, 0.2) is 11.5 Å². The fourth-order valence-corrected chi connectivity index (χ4v) is 2.28. The number of pyridine rings is 1. The predicted molar refractivity (Wildman–Crippen MR) is 98.8 cm³/mol. The standard InChI is InChI=1S/C20H24N2O3/c1-3-24-18-10-8-16(15-19(18)25-4-2)12-14-22-20(23)11-9-17-7-5-6-13-21-17/h5-11,13,15H,3-4,12,14H2,1-2H3,(H,22,23)/b11-9+. The summed E-state index contributed by atoms with van der Waals surface area (Å²) in [7, 11) is 0. The van der Waals surface area contributed by atoms with E-state index in [9.17, 15) is 4.79 Å². The van der Waals surface area contributed by atoms with Gasteiger partial charge in [-0.2, -0.15) is 0 Å². The van der Waals surface area contributed by atoms with Gasteiger partial charge in [-0.3, -0.25) is 9.78 Å². The first-order valence-corrected chi connectivity index (χ1v) is 8.48. The molecule has 1 heterocycles. The van der Waals surface area contributed by atoms with Crippen LogP contribution in [0, 0.1) is 0 Å². The van der Waals surface area contributed by atoms with Crippen molar-refractivity contribution in [1.29, 1.82) is 0 Å². The van der Waals surface area contributed by atoms with Gasteiger partial charge in [-0.1, -0.05) is 12.1 Å². The van der Waals surface area contributed by atoms with Crippen LogP contribution in [0.25, 0.3) is 6.08 Å². The number of nitrogens with one attached hydrogen (secondary N) is 1. The van der Waals surface area contributed by atoms with E-state index in [-0.39, 0.29) is 5.91 Å². The Kier molecular flexibility index (Phi) is 7.50. The lowest BCUT2D eigenvalue weighted by atomic mass is 10.1. The zero-order valence-electron chi connectivity index (χ0n) is 14.7. The largest absolute Gasteiger partial charge is 0.490 e. The first-order valence-electron chi connectivity index (χ1n) is 8.48. The van der Waals surface area contributed by atoms with Gasteiger partial charge in [0.25, 0.3) is 0 Å². The van der Waals surface area contributed by atoms with Crippen LogP contribution in [0.2, 0.25) is 0 Å². The van der Waals surface area contributed by atoms with Crippen molar-refractivity contribution in [2.45, 2.75) is 20.3 Å². The molecule has 0 bridgehead atoms. The summed E-state index contributed by atoms with van der Waals surface area (Å²) in [6.45, 7) is 5.61. The number of rotatable bonds is 9. The van der Waals surface area contributed by atoms with E-state index in [0.29, 0.717) is 19.8 Å². The molecule has 1 amide bonds. The Bertz CT molecular complexity index is 699. The van der Waals surface area contributed by atoms with E-state index in [2.05, 4.69) is 10.3 Å². The van der Waals surface area contributed by atoms with Crippen LogP contribution in [-0.2, 0) is 11.2 Å². The number of carbonyl (C=O) groups excluding carboxylic acids is 1. The average molecular weight is 340 g/mol. The summed E-state index contributed by atoms with van der Waals surface area (Å²) in [5.41, 5.74) is 1.84. The second-order valence-electron chi connectivity index (χ2n) is 5.28. The molecule has 0 aliphatic rings. The van der Waals surface area contributed by atoms with Crippen LogP contribution < -0.4 is 14.8 Å². The number of ether oxygens (including phenoxy) is 2. The quantitative estimate of drug-likeness (QED) is 0.712. The molecule has 25 heavy (non-hydrogen) atoms. The predicted octanol–water partition coefficient (Wildman–Crippen LogP) is 3.25. The lowest BCUT2D eigenvalue weighted by Crippen LogP contribution is -2.23. The first kappa shape index (κ1) is 18.5. The minimum Gasteiger partial charge on any atom is -0.490 e. The van der Waals surface area contributed by atoms with Crippen molar-refractivity contribution in [2.24, 2.45) is 0 Å². The fraction of sp³-hybridized carbons (Fsp3) is 0.300. The van der Waals surface area contributed by atoms with E-state index in [4.69, 9.17) is 9.47 Å². The summed E-state index contributed by atoms with van der Waals surface area (Å²) >= 11 is 0. The molecule has 0 atom stereocenters. The SMILES string of the molecule is CCOc1ccc(CCNC(=O)/C=C/c2ccccn2)cc1OCC. The van der Waals surface area contributed by atoms with Crippen LogP contribution in [0.1, 0.15) is 25.1 Å². The van der Waals surface area contributed by atoms with Crippen molar-refractivity contribution < 1.29 is 14.3 Å². The monoisotopic (exact) mass is 340 g/mol. The maximum absolute atomic E-state index is 11.8. The van der Waals surface area contributed by atoms with E-state index >= 15 is 0 Å². The summed E-state index contributed by atoms with van der Waals surface area (Å²) in [6.07, 6.45) is 5.60. The summed E-state index contributed by atoms with van der Waals surface area (Å²) in [5.74, 6) is 1.35. The van der Waals surface area contributed by atoms with E-state index < -0.39 is 0 Å². The highest BCUT2D eigenvalue weighted by Crippen LogP contribution is 2.28. The van der Waals surface area contributed by atoms with Gasteiger partial charge in [0, 0.05) is 18.8 Å². The lowest BCUT2D eigenvalue weighted by molar-refractivity contribution is -0.116. The number of nitrogens with zero attached hydrogens (tertiary/aromatic N) is 1. The molecule has 1 aromatic heterocycles. The Morgan fingerprint density at radius 1 is 1.12 bits per heavy atom. The molecule has 5 heteroatoms. The second-order valence-corrected chi connectivity index (χ2v) is 5.28. The van der Waals surface area contributed by atoms with Crippen molar-refractivity contribution >= 4 is 12.0 Å². The summed E-state index contributed by atoms with van der Waals surface area (Å²) in [5, 5.41) is 2.87. The van der Waals surface area contributed by atoms with Gasteiger partial charge < -0.3 is 14.8 Å². The Labute approximate surface area is 148 Å². The fourth-order valence-electron chi connectivity index (χ4n) is 2.28. The molecule has 0 saturated carbocycles. The molecule has 1 N–H and O–H groups in total. The van der Waals surface area contributed by atoms with Crippen molar-refractivity contribution in [3.05, 3.63) is 59.9 Å². The summed E-state index contributed by atoms with van der Waals surface area (Å²) in [4.78, 5) is 16.0. The van der Waals surface area contributed by atoms with Gasteiger partial charge in [0.1, 0.15) is 0 Å². The van der Waals surface area contributed by atoms with Crippen LogP contribution in [-0.4, -0.2) is 30.6 Å². The maximum atomic E-state index is 11.8. The molecule has 0 spiro atoms. The summed E-state index contributed by atoms with van der Waals surface area (Å²) in [6, 6.07) is 11.4. The lowest BCUT2D eigenvalue weighted by Gasteiger charge is -2.12. The van der Waals surface area contributed by atoms with E-state index in [1.807, 2.05) is 50.2 Å². The maximum Gasteiger partial charge on any atom is 0.244 e. The van der Waals surface area contributed by atoms with Crippen LogP contribution in [0.4, 0.5) is 0 Å². The normalized spacial score (nSPS) is 10.6. The molecule has 2 rings (SSSR count). The Balaban J connectivity index is 1.85. The summed E-state index contributed by atoms with van der Waals surface area (Å²) < 4.78 is 11.2. The molecule has 132 valence electrons. The molecule has 5 nitrogen and oxygen atoms in total. The van der Waals surface area contributed by atoms with E-state index in [0.717, 1.165) is 29.2 Å². The molecule has 0 aliphatic heterocycles. The number of hydrogen-bond donors (Lipinski definition) is 1. The van der Waals surface area contributed by atoms with Crippen molar-refractivity contribution in [3.63, 3.8) is 0 Å². The molecule has 0 fully saturated rings. The Hall–Kier alpha value is -2.82. The third kappa shape index (κ3) is 6.30. The Morgan fingerprint density at radius 3 is 2.64 bits per heavy atom. The molecule has 2 aromatic rings. The third-order valence-corrected chi connectivity index (χ3v) is 3.41. The highest BCUT2D eigenvalue weighted by Gasteiger charge is 2.06. The van der Waals surface area contributed by atoms with Gasteiger partial charge in [-0.15, -0.1) is 0 Å². The van der Waals surface area contributed by atoms with Crippen LogP contribution >= 0.6 is 0 Å². The Morgan fingerprint density at radius 2 is 1.92 bits per heavy atom. The van der Waals surface area contributed by atoms with Gasteiger partial charge >= 0.3 is 0 Å². The van der Waals surface area contributed by atoms with Crippen molar-refractivity contribution in [1.82, 2.24) is 10.3 Å².